The van der Waals surface area contributed by atoms with Crippen LogP contribution in [0.25, 0.3) is 11.3 Å². The molecule has 8 heteroatoms. The van der Waals surface area contributed by atoms with Crippen molar-refractivity contribution in [2.45, 2.75) is 31.3 Å². The minimum absolute atomic E-state index is 0.0227. The molecule has 3 N–H and O–H groups in total. The van der Waals surface area contributed by atoms with Crippen molar-refractivity contribution in [3.8, 4) is 11.3 Å². The maximum Gasteiger partial charge on any atom is 0.256 e. The van der Waals surface area contributed by atoms with Crippen LogP contribution < -0.4 is 16.0 Å². The Morgan fingerprint density at radius 3 is 2.73 bits per heavy atom. The van der Waals surface area contributed by atoms with Crippen molar-refractivity contribution in [2.75, 3.05) is 25.0 Å². The highest BCUT2D eigenvalue weighted by Crippen LogP contribution is 2.32. The number of fused-ring (bicyclic) bond motifs is 2. The average molecular weight is 408 g/mol. The number of amides is 3. The van der Waals surface area contributed by atoms with E-state index in [1.54, 1.807) is 29.4 Å². The molecule has 2 atom stereocenters. The van der Waals surface area contributed by atoms with Gasteiger partial charge in [-0.2, -0.15) is 0 Å². The summed E-state index contributed by atoms with van der Waals surface area (Å²) in [4.78, 5) is 40.6. The second kappa shape index (κ2) is 7.60. The molecule has 0 saturated carbocycles. The van der Waals surface area contributed by atoms with Gasteiger partial charge in [-0.1, -0.05) is 0 Å². The number of nitrogens with one attached hydrogen (secondary N) is 3. The van der Waals surface area contributed by atoms with Crippen molar-refractivity contribution in [2.24, 2.45) is 5.92 Å². The van der Waals surface area contributed by atoms with E-state index in [1.165, 1.54) is 0 Å². The van der Waals surface area contributed by atoms with E-state index in [1.807, 2.05) is 12.1 Å². The molecule has 1 aromatic heterocycles. The van der Waals surface area contributed by atoms with Crippen molar-refractivity contribution in [1.29, 1.82) is 0 Å². The van der Waals surface area contributed by atoms with Crippen molar-refractivity contribution in [1.82, 2.24) is 15.5 Å². The average Bonchev–Trinajstić information content (AvgIpc) is 3.42. The van der Waals surface area contributed by atoms with Gasteiger partial charge in [0.2, 0.25) is 11.8 Å². The van der Waals surface area contributed by atoms with Crippen LogP contribution >= 0.6 is 0 Å². The van der Waals surface area contributed by atoms with Crippen molar-refractivity contribution >= 4 is 23.4 Å². The lowest BCUT2D eigenvalue weighted by Crippen LogP contribution is -2.53. The van der Waals surface area contributed by atoms with Crippen LogP contribution in [0.15, 0.2) is 41.0 Å². The Labute approximate surface area is 174 Å². The Kier molecular flexibility index (Phi) is 4.78. The lowest BCUT2D eigenvalue weighted by atomic mass is 9.96. The van der Waals surface area contributed by atoms with Crippen molar-refractivity contribution < 1.29 is 18.8 Å². The predicted octanol–water partition coefficient (Wildman–Crippen LogP) is 1.60. The van der Waals surface area contributed by atoms with Crippen LogP contribution in [-0.2, 0) is 9.59 Å². The van der Waals surface area contributed by atoms with Crippen molar-refractivity contribution in [3.05, 3.63) is 42.2 Å². The Morgan fingerprint density at radius 2 is 1.97 bits per heavy atom. The number of hydrogen-bond acceptors (Lipinski definition) is 5. The lowest BCUT2D eigenvalue weighted by Gasteiger charge is -2.27. The summed E-state index contributed by atoms with van der Waals surface area (Å²) in [7, 11) is 0. The Morgan fingerprint density at radius 1 is 1.13 bits per heavy atom. The van der Waals surface area contributed by atoms with Gasteiger partial charge in [-0.25, -0.2) is 0 Å². The summed E-state index contributed by atoms with van der Waals surface area (Å²) in [5.74, 6) is 0.121. The molecule has 2 aromatic rings. The summed E-state index contributed by atoms with van der Waals surface area (Å²) in [5, 5.41) is 9.19. The number of furan rings is 1. The van der Waals surface area contributed by atoms with E-state index in [-0.39, 0.29) is 29.7 Å². The zero-order valence-corrected chi connectivity index (χ0v) is 16.5. The van der Waals surface area contributed by atoms with Crippen LogP contribution in [0.5, 0.6) is 0 Å². The minimum Gasteiger partial charge on any atom is -0.464 e. The quantitative estimate of drug-likeness (QED) is 0.716. The first-order valence-corrected chi connectivity index (χ1v) is 10.4. The van der Waals surface area contributed by atoms with E-state index in [0.717, 1.165) is 31.5 Å². The van der Waals surface area contributed by atoms with E-state index in [2.05, 4.69) is 16.0 Å². The molecule has 0 spiro atoms. The van der Waals surface area contributed by atoms with Gasteiger partial charge in [0.15, 0.2) is 0 Å². The molecule has 0 radical (unpaired) electrons. The Balaban J connectivity index is 1.39. The lowest BCUT2D eigenvalue weighted by molar-refractivity contribution is -0.127. The molecule has 3 aliphatic rings. The number of nitrogens with zero attached hydrogens (tertiary/aromatic N) is 1. The summed E-state index contributed by atoms with van der Waals surface area (Å²) in [6.07, 6.45) is 3.72. The first-order valence-electron chi connectivity index (χ1n) is 10.4. The highest BCUT2D eigenvalue weighted by Gasteiger charge is 2.45. The molecular formula is C22H24N4O4. The van der Waals surface area contributed by atoms with E-state index >= 15 is 0 Å². The normalized spacial score (nSPS) is 24.1. The summed E-state index contributed by atoms with van der Waals surface area (Å²) in [6, 6.07) is 7.83. The number of hydrogen-bond donors (Lipinski definition) is 3. The van der Waals surface area contributed by atoms with Crippen LogP contribution in [0, 0.1) is 5.92 Å². The molecular weight excluding hydrogens is 384 g/mol. The van der Waals surface area contributed by atoms with E-state index in [9.17, 15) is 14.4 Å². The van der Waals surface area contributed by atoms with Gasteiger partial charge in [-0.05, 0) is 62.7 Å². The predicted molar refractivity (Wildman–Crippen MR) is 110 cm³/mol. The fraction of sp³-hybridized carbons (Fsp3) is 0.409. The summed E-state index contributed by atoms with van der Waals surface area (Å²) >= 11 is 0. The monoisotopic (exact) mass is 408 g/mol. The smallest absolute Gasteiger partial charge is 0.256 e. The molecule has 3 aliphatic heterocycles. The SMILES string of the molecule is O=C(NC1CCN2C(=O)c3cc(-c4ccco4)ccc3NC(=O)C12)C1CCNCC1. The summed E-state index contributed by atoms with van der Waals surface area (Å²) in [6.45, 7) is 2.08. The summed E-state index contributed by atoms with van der Waals surface area (Å²) < 4.78 is 5.44. The van der Waals surface area contributed by atoms with Gasteiger partial charge in [0, 0.05) is 18.0 Å². The van der Waals surface area contributed by atoms with Crippen LogP contribution in [-0.4, -0.2) is 54.3 Å². The summed E-state index contributed by atoms with van der Waals surface area (Å²) in [5.41, 5.74) is 1.69. The third-order valence-corrected chi connectivity index (χ3v) is 6.28. The molecule has 4 heterocycles. The molecule has 2 unspecified atom stereocenters. The van der Waals surface area contributed by atoms with Crippen LogP contribution in [0.3, 0.4) is 0 Å². The third kappa shape index (κ3) is 3.27. The minimum atomic E-state index is -0.706. The van der Waals surface area contributed by atoms with Gasteiger partial charge >= 0.3 is 0 Å². The van der Waals surface area contributed by atoms with Gasteiger partial charge in [-0.3, -0.25) is 14.4 Å². The van der Waals surface area contributed by atoms with E-state index in [4.69, 9.17) is 4.42 Å². The number of carbonyl (C=O) groups is 3. The maximum atomic E-state index is 13.3. The van der Waals surface area contributed by atoms with Crippen molar-refractivity contribution in [3.63, 3.8) is 0 Å². The third-order valence-electron chi connectivity index (χ3n) is 6.28. The fourth-order valence-electron chi connectivity index (χ4n) is 4.67. The second-order valence-corrected chi connectivity index (χ2v) is 8.10. The highest BCUT2D eigenvalue weighted by molar-refractivity contribution is 6.11. The van der Waals surface area contributed by atoms with E-state index in [0.29, 0.717) is 30.0 Å². The van der Waals surface area contributed by atoms with Crippen LogP contribution in [0.1, 0.15) is 29.6 Å². The number of carbonyl (C=O) groups excluding carboxylic acids is 3. The Bertz CT molecular complexity index is 981. The fourth-order valence-corrected chi connectivity index (χ4v) is 4.67. The number of piperidine rings is 1. The number of benzene rings is 1. The van der Waals surface area contributed by atoms with Gasteiger partial charge in [0.05, 0.1) is 23.6 Å². The van der Waals surface area contributed by atoms with E-state index < -0.39 is 6.04 Å². The highest BCUT2D eigenvalue weighted by atomic mass is 16.3. The van der Waals surface area contributed by atoms with Crippen LogP contribution in [0.2, 0.25) is 0 Å². The second-order valence-electron chi connectivity index (χ2n) is 8.10. The van der Waals surface area contributed by atoms with Gasteiger partial charge in [0.25, 0.3) is 5.91 Å². The molecule has 2 fully saturated rings. The molecule has 2 saturated heterocycles. The van der Waals surface area contributed by atoms with Crippen LogP contribution in [0.4, 0.5) is 5.69 Å². The largest absolute Gasteiger partial charge is 0.464 e. The van der Waals surface area contributed by atoms with Gasteiger partial charge in [0.1, 0.15) is 11.8 Å². The van der Waals surface area contributed by atoms with Gasteiger partial charge < -0.3 is 25.3 Å². The molecule has 3 amide bonds. The molecule has 0 bridgehead atoms. The molecule has 5 rings (SSSR count). The molecule has 30 heavy (non-hydrogen) atoms. The number of rotatable bonds is 3. The Hall–Kier alpha value is -3.13. The first kappa shape index (κ1) is 18.9. The molecule has 0 aliphatic carbocycles. The zero-order chi connectivity index (χ0) is 20.7. The zero-order valence-electron chi connectivity index (χ0n) is 16.5. The first-order chi connectivity index (χ1) is 14.6. The van der Waals surface area contributed by atoms with Gasteiger partial charge in [-0.15, -0.1) is 0 Å². The standard InChI is InChI=1S/C22H24N4O4/c27-20(13-5-8-23-9-6-13)25-17-7-10-26-19(17)21(28)24-16-4-3-14(12-15(16)22(26)29)18-2-1-11-30-18/h1-4,11-13,17,19,23H,5-10H2,(H,24,28)(H,25,27). The topological polar surface area (TPSA) is 104 Å². The molecule has 156 valence electrons. The number of anilines is 1. The maximum absolute atomic E-state index is 13.3. The molecule has 8 nitrogen and oxygen atoms in total. The molecule has 1 aromatic carbocycles.